The Morgan fingerprint density at radius 1 is 1.35 bits per heavy atom. The summed E-state index contributed by atoms with van der Waals surface area (Å²) in [6.45, 7) is 3.30. The summed E-state index contributed by atoms with van der Waals surface area (Å²) in [6.07, 6.45) is 1.17. The molecule has 0 aliphatic rings. The molecule has 0 aromatic carbocycles. The monoisotopic (exact) mass is 266 g/mol. The third-order valence-electron chi connectivity index (χ3n) is 2.04. The highest BCUT2D eigenvalue weighted by atomic mass is 32.1. The van der Waals surface area contributed by atoms with Gasteiger partial charge in [0.1, 0.15) is 5.78 Å². The standard InChI is InChI=1S/C7H12O3S.C4H10O2/c1-6(9)3-4-7(11,5-8)10-2;1-4(5-2)6-3/h5,11H,3-4H2,1-2H3;4H,1-3H3. The minimum atomic E-state index is -1.09. The number of carbonyl (C=O) groups excluding carboxylic acids is 2. The molecular formula is C11H22O5S. The van der Waals surface area contributed by atoms with Crippen LogP contribution in [0.2, 0.25) is 0 Å². The second kappa shape index (κ2) is 10.7. The summed E-state index contributed by atoms with van der Waals surface area (Å²) in [5.41, 5.74) is 0. The lowest BCUT2D eigenvalue weighted by Crippen LogP contribution is -2.26. The molecule has 1 unspecified atom stereocenters. The molecule has 0 amide bonds. The topological polar surface area (TPSA) is 61.8 Å². The Bertz CT molecular complexity index is 218. The molecule has 0 spiro atoms. The number of aldehydes is 1. The number of ketones is 1. The molecule has 102 valence electrons. The number of hydrogen-bond donors (Lipinski definition) is 1. The molecule has 0 saturated heterocycles. The molecule has 0 saturated carbocycles. The van der Waals surface area contributed by atoms with E-state index < -0.39 is 4.93 Å². The lowest BCUT2D eigenvalue weighted by atomic mass is 10.1. The number of rotatable bonds is 7. The van der Waals surface area contributed by atoms with Gasteiger partial charge in [0.2, 0.25) is 0 Å². The number of methoxy groups -OCH3 is 3. The summed E-state index contributed by atoms with van der Waals surface area (Å²) in [5, 5.41) is 0. The van der Waals surface area contributed by atoms with E-state index in [1.54, 1.807) is 14.2 Å². The molecule has 5 nitrogen and oxygen atoms in total. The SMILES string of the molecule is COC(C)OC.COC(S)(C=O)CCC(C)=O. The van der Waals surface area contributed by atoms with E-state index in [-0.39, 0.29) is 12.1 Å². The average molecular weight is 266 g/mol. The maximum Gasteiger partial charge on any atom is 0.166 e. The van der Waals surface area contributed by atoms with Crippen molar-refractivity contribution in [2.24, 2.45) is 0 Å². The molecule has 0 aliphatic heterocycles. The van der Waals surface area contributed by atoms with Gasteiger partial charge in [0.15, 0.2) is 17.5 Å². The summed E-state index contributed by atoms with van der Waals surface area (Å²) in [7, 11) is 4.60. The van der Waals surface area contributed by atoms with Gasteiger partial charge in [-0.05, 0) is 20.3 Å². The van der Waals surface area contributed by atoms with E-state index in [4.69, 9.17) is 4.74 Å². The van der Waals surface area contributed by atoms with Crippen LogP contribution in [0.25, 0.3) is 0 Å². The molecule has 0 heterocycles. The van der Waals surface area contributed by atoms with E-state index in [0.29, 0.717) is 19.1 Å². The van der Waals surface area contributed by atoms with Crippen LogP contribution in [0.1, 0.15) is 26.7 Å². The smallest absolute Gasteiger partial charge is 0.166 e. The fourth-order valence-electron chi connectivity index (χ4n) is 0.660. The first-order valence-electron chi connectivity index (χ1n) is 5.14. The minimum Gasteiger partial charge on any atom is -0.361 e. The van der Waals surface area contributed by atoms with Crippen LogP contribution in [0.15, 0.2) is 0 Å². The molecule has 0 aromatic rings. The third kappa shape index (κ3) is 11.8. The molecule has 0 aliphatic carbocycles. The van der Waals surface area contributed by atoms with Crippen molar-refractivity contribution >= 4 is 24.7 Å². The van der Waals surface area contributed by atoms with Gasteiger partial charge in [-0.2, -0.15) is 0 Å². The van der Waals surface area contributed by atoms with Gasteiger partial charge in [0.05, 0.1) is 0 Å². The Morgan fingerprint density at radius 2 is 1.82 bits per heavy atom. The van der Waals surface area contributed by atoms with Crippen LogP contribution < -0.4 is 0 Å². The zero-order valence-electron chi connectivity index (χ0n) is 11.1. The average Bonchev–Trinajstić information content (AvgIpc) is 2.35. The maximum atomic E-state index is 10.5. The molecular weight excluding hydrogens is 244 g/mol. The molecule has 0 N–H and O–H groups in total. The van der Waals surface area contributed by atoms with Gasteiger partial charge in [0.25, 0.3) is 0 Å². The zero-order valence-corrected chi connectivity index (χ0v) is 12.0. The Hall–Kier alpha value is -0.430. The van der Waals surface area contributed by atoms with Crippen molar-refractivity contribution in [1.29, 1.82) is 0 Å². The third-order valence-corrected chi connectivity index (χ3v) is 2.55. The van der Waals surface area contributed by atoms with Gasteiger partial charge in [-0.3, -0.25) is 4.79 Å². The van der Waals surface area contributed by atoms with Crippen molar-refractivity contribution in [3.8, 4) is 0 Å². The number of thiol groups is 1. The predicted molar refractivity (Wildman–Crippen MR) is 68.2 cm³/mol. The van der Waals surface area contributed by atoms with Crippen molar-refractivity contribution in [2.75, 3.05) is 21.3 Å². The van der Waals surface area contributed by atoms with Crippen LogP contribution in [-0.2, 0) is 23.8 Å². The fourth-order valence-corrected chi connectivity index (χ4v) is 0.772. The first kappa shape index (κ1) is 18.9. The number of carbonyl (C=O) groups is 2. The summed E-state index contributed by atoms with van der Waals surface area (Å²) >= 11 is 3.95. The Morgan fingerprint density at radius 3 is 2.00 bits per heavy atom. The second-order valence-corrected chi connectivity index (χ2v) is 4.16. The van der Waals surface area contributed by atoms with Gasteiger partial charge in [0, 0.05) is 27.8 Å². The van der Waals surface area contributed by atoms with Gasteiger partial charge >= 0.3 is 0 Å². The van der Waals surface area contributed by atoms with Gasteiger partial charge in [-0.25, -0.2) is 0 Å². The maximum absolute atomic E-state index is 10.5. The molecule has 0 aromatic heterocycles. The minimum absolute atomic E-state index is 0.0299. The first-order chi connectivity index (χ1) is 7.85. The van der Waals surface area contributed by atoms with E-state index in [2.05, 4.69) is 22.1 Å². The normalized spacial score (nSPS) is 13.6. The van der Waals surface area contributed by atoms with Crippen molar-refractivity contribution in [2.45, 2.75) is 37.9 Å². The van der Waals surface area contributed by atoms with Crippen molar-refractivity contribution in [3.63, 3.8) is 0 Å². The molecule has 0 fully saturated rings. The van der Waals surface area contributed by atoms with E-state index >= 15 is 0 Å². The van der Waals surface area contributed by atoms with Crippen molar-refractivity contribution < 1.29 is 23.8 Å². The zero-order chi connectivity index (χ0) is 13.9. The quantitative estimate of drug-likeness (QED) is 0.429. The highest BCUT2D eigenvalue weighted by molar-refractivity contribution is 7.82. The van der Waals surface area contributed by atoms with Crippen LogP contribution in [0, 0.1) is 0 Å². The first-order valence-corrected chi connectivity index (χ1v) is 5.58. The predicted octanol–water partition coefficient (Wildman–Crippen LogP) is 1.45. The number of Topliss-reactive ketones (excluding diaryl/α,β-unsaturated/α-hetero) is 1. The summed E-state index contributed by atoms with van der Waals surface area (Å²) in [5.74, 6) is 0.0299. The highest BCUT2D eigenvalue weighted by Crippen LogP contribution is 2.18. The highest BCUT2D eigenvalue weighted by Gasteiger charge is 2.23. The van der Waals surface area contributed by atoms with Gasteiger partial charge in [-0.15, -0.1) is 12.6 Å². The summed E-state index contributed by atoms with van der Waals surface area (Å²) < 4.78 is 14.1. The number of hydrogen-bond acceptors (Lipinski definition) is 6. The molecule has 1 atom stereocenters. The fraction of sp³-hybridized carbons (Fsp3) is 0.818. The van der Waals surface area contributed by atoms with Crippen LogP contribution in [0.5, 0.6) is 0 Å². The molecule has 0 rings (SSSR count). The lowest BCUT2D eigenvalue weighted by Gasteiger charge is -2.18. The van der Waals surface area contributed by atoms with E-state index in [1.807, 2.05) is 6.92 Å². The van der Waals surface area contributed by atoms with Crippen LogP contribution in [0.4, 0.5) is 0 Å². The summed E-state index contributed by atoms with van der Waals surface area (Å²) in [4.78, 5) is 19.8. The largest absolute Gasteiger partial charge is 0.361 e. The molecule has 6 heteroatoms. The Balaban J connectivity index is 0. The van der Waals surface area contributed by atoms with Gasteiger partial charge in [-0.1, -0.05) is 0 Å². The van der Waals surface area contributed by atoms with Crippen molar-refractivity contribution in [3.05, 3.63) is 0 Å². The molecule has 0 radical (unpaired) electrons. The van der Waals surface area contributed by atoms with E-state index in [9.17, 15) is 9.59 Å². The lowest BCUT2D eigenvalue weighted by molar-refractivity contribution is -0.121. The van der Waals surface area contributed by atoms with Gasteiger partial charge < -0.3 is 19.0 Å². The van der Waals surface area contributed by atoms with Crippen molar-refractivity contribution in [1.82, 2.24) is 0 Å². The van der Waals surface area contributed by atoms with Crippen LogP contribution >= 0.6 is 12.6 Å². The molecule has 17 heavy (non-hydrogen) atoms. The van der Waals surface area contributed by atoms with E-state index in [1.165, 1.54) is 14.0 Å². The van der Waals surface area contributed by atoms with E-state index in [0.717, 1.165) is 0 Å². The van der Waals surface area contributed by atoms with Crippen LogP contribution in [-0.4, -0.2) is 44.6 Å². The Labute approximate surface area is 108 Å². The van der Waals surface area contributed by atoms with Crippen LogP contribution in [0.3, 0.4) is 0 Å². The Kier molecular flexibility index (Phi) is 11.9. The second-order valence-electron chi connectivity index (χ2n) is 3.41. The molecule has 0 bridgehead atoms. The number of ether oxygens (including phenoxy) is 3. The summed E-state index contributed by atoms with van der Waals surface area (Å²) in [6, 6.07) is 0.